The van der Waals surface area contributed by atoms with Crippen LogP contribution in [0.4, 0.5) is 16.5 Å². The van der Waals surface area contributed by atoms with Gasteiger partial charge in [-0.2, -0.15) is 5.26 Å². The Morgan fingerprint density at radius 2 is 2.12 bits per heavy atom. The summed E-state index contributed by atoms with van der Waals surface area (Å²) in [5, 5.41) is 32.7. The number of nitrogens with two attached hydrogens (primary N) is 1. The molecule has 204 valence electrons. The molecule has 1 atom stereocenters. The van der Waals surface area contributed by atoms with Crippen LogP contribution in [0.15, 0.2) is 61.8 Å². The Balaban J connectivity index is 1.37. The molecule has 3 N–H and O–H groups in total. The van der Waals surface area contributed by atoms with E-state index in [0.717, 1.165) is 11.8 Å². The number of Topliss-reactive ketones (excluding diaryl/α,β-unsaturated/α-hetero) is 1. The maximum atomic E-state index is 13.2. The maximum Gasteiger partial charge on any atom is 0.274 e. The second-order valence-electron chi connectivity index (χ2n) is 9.21. The molecule has 1 unspecified atom stereocenters. The van der Waals surface area contributed by atoms with Crippen LogP contribution in [0.25, 0.3) is 0 Å². The number of anilines is 2. The van der Waals surface area contributed by atoms with Crippen molar-refractivity contribution in [2.75, 3.05) is 16.0 Å². The predicted octanol–water partition coefficient (Wildman–Crippen LogP) is 4.69. The SMILES string of the molecule is Cc1ccc(C2C(C#N)=C(N)N(c3nnc(SCC(=O)Nc4ccc(C)c([N+](=O)[O-])c4)s3)C3=C2C(=O)CCC3)o1. The fourth-order valence-corrected chi connectivity index (χ4v) is 6.44. The molecule has 0 saturated heterocycles. The van der Waals surface area contributed by atoms with Crippen LogP contribution in [0.2, 0.25) is 0 Å². The number of ketones is 1. The number of nitrogens with zero attached hydrogens (tertiary/aromatic N) is 5. The summed E-state index contributed by atoms with van der Waals surface area (Å²) < 4.78 is 6.29. The number of benzene rings is 1. The molecule has 0 spiro atoms. The number of carbonyl (C=O) groups excluding carboxylic acids is 2. The third-order valence-electron chi connectivity index (χ3n) is 6.56. The number of nitro benzene ring substituents is 1. The Morgan fingerprint density at radius 1 is 1.32 bits per heavy atom. The number of nitriles is 1. The molecule has 3 aromatic rings. The molecule has 3 heterocycles. The smallest absolute Gasteiger partial charge is 0.274 e. The lowest BCUT2D eigenvalue weighted by atomic mass is 9.78. The first-order chi connectivity index (χ1) is 19.2. The quantitative estimate of drug-likeness (QED) is 0.226. The highest BCUT2D eigenvalue weighted by molar-refractivity contribution is 8.01. The number of nitro groups is 1. The molecular formula is C26H23N7O5S2. The van der Waals surface area contributed by atoms with E-state index < -0.39 is 10.8 Å². The van der Waals surface area contributed by atoms with E-state index in [4.69, 9.17) is 10.2 Å². The zero-order chi connectivity index (χ0) is 28.6. The molecule has 0 radical (unpaired) electrons. The lowest BCUT2D eigenvalue weighted by molar-refractivity contribution is -0.385. The summed E-state index contributed by atoms with van der Waals surface area (Å²) in [4.78, 5) is 38.0. The minimum absolute atomic E-state index is 0.0164. The van der Waals surface area contributed by atoms with E-state index in [1.54, 1.807) is 43.0 Å². The minimum Gasteiger partial charge on any atom is -0.465 e. The molecule has 14 heteroatoms. The Bertz CT molecular complexity index is 1650. The lowest BCUT2D eigenvalue weighted by Crippen LogP contribution is -2.38. The van der Waals surface area contributed by atoms with Crippen molar-refractivity contribution in [3.8, 4) is 6.07 Å². The number of nitrogens with one attached hydrogen (secondary N) is 1. The third kappa shape index (κ3) is 5.08. The Morgan fingerprint density at radius 3 is 2.83 bits per heavy atom. The summed E-state index contributed by atoms with van der Waals surface area (Å²) in [5.74, 6) is 0.146. The van der Waals surface area contributed by atoms with E-state index in [2.05, 4.69) is 21.6 Å². The van der Waals surface area contributed by atoms with Gasteiger partial charge in [0.15, 0.2) is 10.1 Å². The first-order valence-corrected chi connectivity index (χ1v) is 14.0. The van der Waals surface area contributed by atoms with Crippen LogP contribution in [0.5, 0.6) is 0 Å². The Hall–Kier alpha value is -4.48. The van der Waals surface area contributed by atoms with E-state index in [1.807, 2.05) is 0 Å². The molecule has 0 bridgehead atoms. The molecule has 1 amide bonds. The number of allylic oxidation sites excluding steroid dienone is 3. The molecule has 2 aliphatic rings. The van der Waals surface area contributed by atoms with E-state index in [1.165, 1.54) is 17.4 Å². The first-order valence-electron chi connectivity index (χ1n) is 12.2. The Labute approximate surface area is 236 Å². The van der Waals surface area contributed by atoms with E-state index in [0.29, 0.717) is 62.8 Å². The number of thioether (sulfide) groups is 1. The molecule has 1 aliphatic heterocycles. The molecular weight excluding hydrogens is 554 g/mol. The van der Waals surface area contributed by atoms with Crippen LogP contribution in [-0.4, -0.2) is 32.6 Å². The number of hydrogen-bond acceptors (Lipinski definition) is 12. The van der Waals surface area contributed by atoms with Gasteiger partial charge in [0.05, 0.1) is 28.2 Å². The average Bonchev–Trinajstić information content (AvgIpc) is 3.57. The summed E-state index contributed by atoms with van der Waals surface area (Å²) in [6.07, 6.45) is 1.55. The summed E-state index contributed by atoms with van der Waals surface area (Å²) in [6, 6.07) is 10.2. The molecule has 40 heavy (non-hydrogen) atoms. The number of carbonyl (C=O) groups is 2. The largest absolute Gasteiger partial charge is 0.465 e. The van der Waals surface area contributed by atoms with E-state index in [-0.39, 0.29) is 34.5 Å². The molecule has 12 nitrogen and oxygen atoms in total. The number of aryl methyl sites for hydroxylation is 2. The second-order valence-corrected chi connectivity index (χ2v) is 11.4. The van der Waals surface area contributed by atoms with Crippen LogP contribution in [0, 0.1) is 35.3 Å². The maximum absolute atomic E-state index is 13.2. The van der Waals surface area contributed by atoms with Crippen molar-refractivity contribution in [2.24, 2.45) is 5.73 Å². The first kappa shape index (κ1) is 27.1. The van der Waals surface area contributed by atoms with Crippen molar-refractivity contribution < 1.29 is 18.9 Å². The van der Waals surface area contributed by atoms with Gasteiger partial charge in [-0.05, 0) is 44.9 Å². The monoisotopic (exact) mass is 577 g/mol. The molecule has 2 aromatic heterocycles. The van der Waals surface area contributed by atoms with Crippen LogP contribution in [-0.2, 0) is 9.59 Å². The lowest BCUT2D eigenvalue weighted by Gasteiger charge is -2.37. The standard InChI is InChI=1S/C26H23N7O5S2/c1-13-6-8-15(10-18(13)33(36)37)29-21(35)12-39-26-31-30-25(40-26)32-17-4-3-5-19(34)23(17)22(16(11-27)24(32)28)20-9-7-14(2)38-20/h6-10,22H,3-5,12,28H2,1-2H3,(H,29,35). The molecule has 5 rings (SSSR count). The van der Waals surface area contributed by atoms with Crippen LogP contribution < -0.4 is 16.0 Å². The number of hydrogen-bond donors (Lipinski definition) is 2. The van der Waals surface area contributed by atoms with Crippen LogP contribution in [0.3, 0.4) is 0 Å². The minimum atomic E-state index is -0.694. The summed E-state index contributed by atoms with van der Waals surface area (Å²) in [6.45, 7) is 3.41. The van der Waals surface area contributed by atoms with Gasteiger partial charge in [-0.3, -0.25) is 24.6 Å². The summed E-state index contributed by atoms with van der Waals surface area (Å²) in [7, 11) is 0. The topological polar surface area (TPSA) is 181 Å². The van der Waals surface area contributed by atoms with Gasteiger partial charge in [-0.15, -0.1) is 10.2 Å². The van der Waals surface area contributed by atoms with Gasteiger partial charge >= 0.3 is 0 Å². The Kier molecular flexibility index (Phi) is 7.42. The van der Waals surface area contributed by atoms with Gasteiger partial charge in [-0.25, -0.2) is 0 Å². The van der Waals surface area contributed by atoms with Gasteiger partial charge in [0, 0.05) is 35.0 Å². The van der Waals surface area contributed by atoms with Crippen LogP contribution >= 0.6 is 23.1 Å². The number of rotatable bonds is 7. The number of aromatic nitrogens is 2. The van der Waals surface area contributed by atoms with Gasteiger partial charge in [-0.1, -0.05) is 29.2 Å². The van der Waals surface area contributed by atoms with Gasteiger partial charge in [0.2, 0.25) is 11.0 Å². The molecule has 1 aromatic carbocycles. The van der Waals surface area contributed by atoms with Crippen molar-refractivity contribution in [3.05, 3.63) is 80.2 Å². The van der Waals surface area contributed by atoms with Crippen molar-refractivity contribution in [3.63, 3.8) is 0 Å². The highest BCUT2D eigenvalue weighted by Gasteiger charge is 2.42. The van der Waals surface area contributed by atoms with Crippen molar-refractivity contribution in [1.82, 2.24) is 10.2 Å². The third-order valence-corrected chi connectivity index (χ3v) is 8.60. The fraction of sp³-hybridized carbons (Fsp3) is 0.269. The number of amides is 1. The fourth-order valence-electron chi connectivity index (χ4n) is 4.76. The summed E-state index contributed by atoms with van der Waals surface area (Å²) in [5.41, 5.74) is 8.59. The van der Waals surface area contributed by atoms with Crippen molar-refractivity contribution in [1.29, 1.82) is 5.26 Å². The second kappa shape index (κ2) is 10.9. The normalized spacial score (nSPS) is 17.1. The zero-order valence-corrected chi connectivity index (χ0v) is 23.1. The highest BCUT2D eigenvalue weighted by atomic mass is 32.2. The zero-order valence-electron chi connectivity index (χ0n) is 21.5. The summed E-state index contributed by atoms with van der Waals surface area (Å²) >= 11 is 2.31. The van der Waals surface area contributed by atoms with Crippen LogP contribution in [0.1, 0.15) is 42.3 Å². The number of furan rings is 1. The average molecular weight is 578 g/mol. The van der Waals surface area contributed by atoms with Gasteiger partial charge in [0.25, 0.3) is 5.69 Å². The van der Waals surface area contributed by atoms with Crippen molar-refractivity contribution in [2.45, 2.75) is 43.4 Å². The van der Waals surface area contributed by atoms with Gasteiger partial charge in [0.1, 0.15) is 17.3 Å². The van der Waals surface area contributed by atoms with Crippen molar-refractivity contribution >= 4 is 51.3 Å². The molecule has 0 fully saturated rings. The van der Waals surface area contributed by atoms with E-state index >= 15 is 0 Å². The van der Waals surface area contributed by atoms with Gasteiger partial charge < -0.3 is 15.5 Å². The predicted molar refractivity (Wildman–Crippen MR) is 148 cm³/mol. The highest BCUT2D eigenvalue weighted by Crippen LogP contribution is 2.47. The molecule has 1 aliphatic carbocycles. The molecule has 0 saturated carbocycles. The van der Waals surface area contributed by atoms with E-state index in [9.17, 15) is 25.0 Å².